The SMILES string of the molecule is COC(=O)COc1ccc(NC(=O)c2ccc(-n3cnc4ccccc43)cc2)cc1. The zero-order chi connectivity index (χ0) is 20.9. The number of benzene rings is 3. The summed E-state index contributed by atoms with van der Waals surface area (Å²) in [6.07, 6.45) is 1.77. The summed E-state index contributed by atoms with van der Waals surface area (Å²) < 4.78 is 11.8. The average Bonchev–Trinajstić information content (AvgIpc) is 3.22. The minimum Gasteiger partial charge on any atom is -0.482 e. The Balaban J connectivity index is 1.42. The fraction of sp³-hybridized carbons (Fsp3) is 0.0870. The number of rotatable bonds is 6. The van der Waals surface area contributed by atoms with Crippen molar-refractivity contribution in [1.82, 2.24) is 9.55 Å². The Kier molecular flexibility index (Phi) is 5.43. The van der Waals surface area contributed by atoms with Crippen molar-refractivity contribution in [2.75, 3.05) is 19.0 Å². The van der Waals surface area contributed by atoms with Crippen LogP contribution in [0, 0.1) is 0 Å². The van der Waals surface area contributed by atoms with Crippen molar-refractivity contribution in [2.24, 2.45) is 0 Å². The molecular formula is C23H19N3O4. The Hall–Kier alpha value is -4.13. The Labute approximate surface area is 172 Å². The summed E-state index contributed by atoms with van der Waals surface area (Å²) in [6.45, 7) is -0.166. The van der Waals surface area contributed by atoms with E-state index < -0.39 is 5.97 Å². The number of nitrogens with zero attached hydrogens (tertiary/aromatic N) is 2. The normalized spacial score (nSPS) is 10.6. The third-order valence-electron chi connectivity index (χ3n) is 4.56. The molecule has 0 saturated heterocycles. The number of imidazole rings is 1. The van der Waals surface area contributed by atoms with Gasteiger partial charge in [-0.05, 0) is 60.7 Å². The fourth-order valence-electron chi connectivity index (χ4n) is 2.98. The lowest BCUT2D eigenvalue weighted by molar-refractivity contribution is -0.142. The molecule has 4 aromatic rings. The molecule has 1 amide bonds. The van der Waals surface area contributed by atoms with Gasteiger partial charge in [-0.1, -0.05) is 12.1 Å². The Morgan fingerprint density at radius 1 is 0.967 bits per heavy atom. The number of carbonyl (C=O) groups excluding carboxylic acids is 2. The van der Waals surface area contributed by atoms with Crippen LogP contribution in [0.3, 0.4) is 0 Å². The van der Waals surface area contributed by atoms with Crippen LogP contribution >= 0.6 is 0 Å². The van der Waals surface area contributed by atoms with Crippen LogP contribution < -0.4 is 10.1 Å². The molecule has 0 aliphatic carbocycles. The second-order valence-electron chi connectivity index (χ2n) is 6.49. The summed E-state index contributed by atoms with van der Waals surface area (Å²) in [6, 6.07) is 21.9. The Morgan fingerprint density at radius 3 is 2.43 bits per heavy atom. The van der Waals surface area contributed by atoms with E-state index in [9.17, 15) is 9.59 Å². The first-order valence-electron chi connectivity index (χ1n) is 9.27. The molecule has 0 aliphatic rings. The molecule has 7 heteroatoms. The number of hydrogen-bond donors (Lipinski definition) is 1. The molecule has 3 aromatic carbocycles. The van der Waals surface area contributed by atoms with E-state index in [0.29, 0.717) is 17.0 Å². The van der Waals surface area contributed by atoms with Gasteiger partial charge in [-0.15, -0.1) is 0 Å². The van der Waals surface area contributed by atoms with Crippen molar-refractivity contribution < 1.29 is 19.1 Å². The molecule has 4 rings (SSSR count). The first-order valence-corrected chi connectivity index (χ1v) is 9.27. The van der Waals surface area contributed by atoms with Gasteiger partial charge in [0.25, 0.3) is 5.91 Å². The number of ether oxygens (including phenoxy) is 2. The van der Waals surface area contributed by atoms with Gasteiger partial charge < -0.3 is 14.8 Å². The van der Waals surface area contributed by atoms with Crippen molar-refractivity contribution in [3.05, 3.63) is 84.7 Å². The van der Waals surface area contributed by atoms with Gasteiger partial charge in [-0.3, -0.25) is 9.36 Å². The van der Waals surface area contributed by atoms with Crippen molar-refractivity contribution in [2.45, 2.75) is 0 Å². The predicted octanol–water partition coefficient (Wildman–Crippen LogP) is 3.83. The number of hydrogen-bond acceptors (Lipinski definition) is 5. The van der Waals surface area contributed by atoms with Gasteiger partial charge in [0, 0.05) is 16.9 Å². The average molecular weight is 401 g/mol. The lowest BCUT2D eigenvalue weighted by atomic mass is 10.2. The third-order valence-corrected chi connectivity index (χ3v) is 4.56. The molecule has 0 unspecified atom stereocenters. The minimum atomic E-state index is -0.459. The van der Waals surface area contributed by atoms with Crippen molar-refractivity contribution >= 4 is 28.6 Å². The van der Waals surface area contributed by atoms with Gasteiger partial charge in [-0.25, -0.2) is 9.78 Å². The van der Waals surface area contributed by atoms with E-state index >= 15 is 0 Å². The van der Waals surface area contributed by atoms with E-state index in [1.165, 1.54) is 7.11 Å². The second kappa shape index (κ2) is 8.48. The zero-order valence-electron chi connectivity index (χ0n) is 16.2. The number of nitrogens with one attached hydrogen (secondary N) is 1. The number of amides is 1. The largest absolute Gasteiger partial charge is 0.482 e. The van der Waals surface area contributed by atoms with Gasteiger partial charge in [-0.2, -0.15) is 0 Å². The van der Waals surface area contributed by atoms with Gasteiger partial charge in [0.15, 0.2) is 6.61 Å². The topological polar surface area (TPSA) is 82.5 Å². The number of aromatic nitrogens is 2. The summed E-state index contributed by atoms with van der Waals surface area (Å²) >= 11 is 0. The molecule has 30 heavy (non-hydrogen) atoms. The predicted molar refractivity (Wildman–Crippen MR) is 113 cm³/mol. The van der Waals surface area contributed by atoms with Crippen LogP contribution in [0.2, 0.25) is 0 Å². The van der Waals surface area contributed by atoms with Crippen LogP contribution in [0.4, 0.5) is 5.69 Å². The number of fused-ring (bicyclic) bond motifs is 1. The van der Waals surface area contributed by atoms with E-state index in [2.05, 4.69) is 15.0 Å². The smallest absolute Gasteiger partial charge is 0.343 e. The fourth-order valence-corrected chi connectivity index (χ4v) is 2.98. The summed E-state index contributed by atoms with van der Waals surface area (Å²) in [7, 11) is 1.30. The standard InChI is InChI=1S/C23H19N3O4/c1-29-22(27)14-30-19-12-8-17(9-13-19)25-23(28)16-6-10-18(11-7-16)26-15-24-20-4-2-3-5-21(20)26/h2-13,15H,14H2,1H3,(H,25,28). The van der Waals surface area contributed by atoms with Gasteiger partial charge in [0.05, 0.1) is 18.1 Å². The van der Waals surface area contributed by atoms with E-state index in [0.717, 1.165) is 16.7 Å². The molecule has 0 bridgehead atoms. The van der Waals surface area contributed by atoms with Crippen molar-refractivity contribution in [1.29, 1.82) is 0 Å². The number of methoxy groups -OCH3 is 1. The number of para-hydroxylation sites is 2. The maximum Gasteiger partial charge on any atom is 0.343 e. The minimum absolute atomic E-state index is 0.166. The molecule has 1 aromatic heterocycles. The summed E-state index contributed by atoms with van der Waals surface area (Å²) in [5.74, 6) is -0.171. The first-order chi connectivity index (χ1) is 14.6. The number of esters is 1. The van der Waals surface area contributed by atoms with E-state index in [-0.39, 0.29) is 12.5 Å². The molecule has 0 aliphatic heterocycles. The van der Waals surface area contributed by atoms with Crippen LogP contribution in [0.1, 0.15) is 10.4 Å². The number of carbonyl (C=O) groups is 2. The molecule has 0 saturated carbocycles. The van der Waals surface area contributed by atoms with E-state index in [1.54, 1.807) is 42.7 Å². The zero-order valence-corrected chi connectivity index (χ0v) is 16.2. The highest BCUT2D eigenvalue weighted by Crippen LogP contribution is 2.20. The highest BCUT2D eigenvalue weighted by atomic mass is 16.6. The lowest BCUT2D eigenvalue weighted by Crippen LogP contribution is -2.13. The van der Waals surface area contributed by atoms with Crippen LogP contribution in [0.5, 0.6) is 5.75 Å². The molecule has 150 valence electrons. The highest BCUT2D eigenvalue weighted by Gasteiger charge is 2.09. The third kappa shape index (κ3) is 4.15. The molecular weight excluding hydrogens is 382 g/mol. The van der Waals surface area contributed by atoms with Crippen molar-refractivity contribution in [3.63, 3.8) is 0 Å². The molecule has 0 atom stereocenters. The van der Waals surface area contributed by atoms with Gasteiger partial charge in [0.1, 0.15) is 12.1 Å². The number of anilines is 1. The second-order valence-corrected chi connectivity index (χ2v) is 6.49. The molecule has 0 spiro atoms. The van der Waals surface area contributed by atoms with Crippen LogP contribution in [0.15, 0.2) is 79.1 Å². The molecule has 1 N–H and O–H groups in total. The molecule has 7 nitrogen and oxygen atoms in total. The quantitative estimate of drug-likeness (QED) is 0.497. The van der Waals surface area contributed by atoms with Crippen LogP contribution in [-0.2, 0) is 9.53 Å². The Bertz CT molecular complexity index is 1180. The lowest BCUT2D eigenvalue weighted by Gasteiger charge is -2.09. The van der Waals surface area contributed by atoms with Crippen LogP contribution in [0.25, 0.3) is 16.7 Å². The summed E-state index contributed by atoms with van der Waals surface area (Å²) in [5, 5.41) is 2.84. The molecule has 1 heterocycles. The first kappa shape index (κ1) is 19.2. The molecule has 0 fully saturated rings. The molecule has 0 radical (unpaired) electrons. The monoisotopic (exact) mass is 401 g/mol. The maximum absolute atomic E-state index is 12.5. The highest BCUT2D eigenvalue weighted by molar-refractivity contribution is 6.04. The summed E-state index contributed by atoms with van der Waals surface area (Å²) in [5.41, 5.74) is 4.00. The summed E-state index contributed by atoms with van der Waals surface area (Å²) in [4.78, 5) is 28.0. The van der Waals surface area contributed by atoms with Gasteiger partial charge >= 0.3 is 5.97 Å². The van der Waals surface area contributed by atoms with E-state index in [1.807, 2.05) is 41.0 Å². The maximum atomic E-state index is 12.5. The van der Waals surface area contributed by atoms with Crippen LogP contribution in [-0.4, -0.2) is 35.1 Å². The Morgan fingerprint density at radius 2 is 1.70 bits per heavy atom. The van der Waals surface area contributed by atoms with Crippen molar-refractivity contribution in [3.8, 4) is 11.4 Å². The van der Waals surface area contributed by atoms with E-state index in [4.69, 9.17) is 4.74 Å². The van der Waals surface area contributed by atoms with Gasteiger partial charge in [0.2, 0.25) is 0 Å².